The van der Waals surface area contributed by atoms with Crippen molar-refractivity contribution in [3.8, 4) is 6.07 Å². The zero-order chi connectivity index (χ0) is 13.0. The lowest BCUT2D eigenvalue weighted by atomic mass is 9.98. The largest absolute Gasteiger partial charge is 0.333 e. The van der Waals surface area contributed by atoms with Crippen molar-refractivity contribution in [3.63, 3.8) is 0 Å². The van der Waals surface area contributed by atoms with E-state index < -0.39 is 5.54 Å². The van der Waals surface area contributed by atoms with Gasteiger partial charge >= 0.3 is 0 Å². The van der Waals surface area contributed by atoms with E-state index in [1.807, 2.05) is 12.4 Å². The minimum absolute atomic E-state index is 0.668. The Morgan fingerprint density at radius 1 is 1.50 bits per heavy atom. The Labute approximate surface area is 108 Å². The number of unbranched alkanes of at least 4 members (excludes halogenated alkanes) is 1. The molecular formula is C13H21N5. The van der Waals surface area contributed by atoms with Gasteiger partial charge in [0.15, 0.2) is 0 Å². The van der Waals surface area contributed by atoms with Crippen LogP contribution in [0.5, 0.6) is 0 Å². The van der Waals surface area contributed by atoms with E-state index in [4.69, 9.17) is 11.0 Å². The maximum absolute atomic E-state index is 8.83. The van der Waals surface area contributed by atoms with Crippen molar-refractivity contribution in [3.05, 3.63) is 18.2 Å². The first-order valence-corrected chi connectivity index (χ1v) is 6.53. The second-order valence-electron chi connectivity index (χ2n) is 5.30. The molecule has 2 heterocycles. The highest BCUT2D eigenvalue weighted by Crippen LogP contribution is 2.13. The van der Waals surface area contributed by atoms with Gasteiger partial charge in [-0.3, -0.25) is 4.90 Å². The molecule has 5 nitrogen and oxygen atoms in total. The molecule has 1 atom stereocenters. The number of imidazole rings is 1. The van der Waals surface area contributed by atoms with Gasteiger partial charge in [0.25, 0.3) is 0 Å². The standard InChI is InChI=1S/C13H21N5/c1-13(15,11-14)4-2-3-6-17-8-9-18-7-5-16-12(18)10-17/h5,7H,2-4,6,8-10,15H2,1H3. The zero-order valence-electron chi connectivity index (χ0n) is 11.0. The molecule has 0 bridgehead atoms. The Morgan fingerprint density at radius 2 is 2.33 bits per heavy atom. The highest BCUT2D eigenvalue weighted by Gasteiger charge is 2.18. The highest BCUT2D eigenvalue weighted by atomic mass is 15.2. The molecule has 98 valence electrons. The van der Waals surface area contributed by atoms with Crippen LogP contribution in [-0.4, -0.2) is 33.1 Å². The van der Waals surface area contributed by atoms with E-state index in [9.17, 15) is 0 Å². The first-order chi connectivity index (χ1) is 8.61. The lowest BCUT2D eigenvalue weighted by molar-refractivity contribution is 0.211. The molecule has 1 aromatic rings. The average Bonchev–Trinajstić information content (AvgIpc) is 2.82. The lowest BCUT2D eigenvalue weighted by Gasteiger charge is -2.27. The molecule has 1 aromatic heterocycles. The molecule has 0 saturated heterocycles. The number of aromatic nitrogens is 2. The topological polar surface area (TPSA) is 70.9 Å². The summed E-state index contributed by atoms with van der Waals surface area (Å²) in [6, 6.07) is 2.14. The van der Waals surface area contributed by atoms with Crippen LogP contribution < -0.4 is 5.73 Å². The van der Waals surface area contributed by atoms with Gasteiger partial charge < -0.3 is 10.3 Å². The molecule has 5 heteroatoms. The van der Waals surface area contributed by atoms with E-state index >= 15 is 0 Å². The van der Waals surface area contributed by atoms with Crippen molar-refractivity contribution in [1.29, 1.82) is 5.26 Å². The summed E-state index contributed by atoms with van der Waals surface area (Å²) in [5.41, 5.74) is 5.13. The molecule has 2 rings (SSSR count). The predicted octanol–water partition coefficient (Wildman–Crippen LogP) is 1.11. The van der Waals surface area contributed by atoms with Crippen LogP contribution in [-0.2, 0) is 13.1 Å². The molecule has 2 N–H and O–H groups in total. The highest BCUT2D eigenvalue weighted by molar-refractivity contribution is 5.00. The Kier molecular flexibility index (Phi) is 4.00. The first-order valence-electron chi connectivity index (χ1n) is 6.53. The second kappa shape index (κ2) is 5.51. The minimum Gasteiger partial charge on any atom is -0.333 e. The summed E-state index contributed by atoms with van der Waals surface area (Å²) in [4.78, 5) is 6.77. The summed E-state index contributed by atoms with van der Waals surface area (Å²) in [5, 5.41) is 8.83. The molecule has 0 amide bonds. The third-order valence-electron chi connectivity index (χ3n) is 3.50. The maximum atomic E-state index is 8.83. The van der Waals surface area contributed by atoms with E-state index in [-0.39, 0.29) is 0 Å². The van der Waals surface area contributed by atoms with Crippen molar-refractivity contribution in [1.82, 2.24) is 14.5 Å². The number of nitrogens with two attached hydrogens (primary N) is 1. The van der Waals surface area contributed by atoms with Gasteiger partial charge in [-0.1, -0.05) is 0 Å². The molecule has 0 fully saturated rings. The van der Waals surface area contributed by atoms with Gasteiger partial charge in [0, 0.05) is 25.5 Å². The van der Waals surface area contributed by atoms with Gasteiger partial charge in [-0.25, -0.2) is 4.98 Å². The molecule has 1 unspecified atom stereocenters. The summed E-state index contributed by atoms with van der Waals surface area (Å²) in [5.74, 6) is 1.15. The maximum Gasteiger partial charge on any atom is 0.122 e. The minimum atomic E-state index is -0.668. The SMILES string of the molecule is CC(N)(C#N)CCCCN1CCn2ccnc2C1. The van der Waals surface area contributed by atoms with Crippen molar-refractivity contribution < 1.29 is 0 Å². The van der Waals surface area contributed by atoms with E-state index in [1.54, 1.807) is 6.92 Å². The Balaban J connectivity index is 1.69. The molecular weight excluding hydrogens is 226 g/mol. The fraction of sp³-hybridized carbons (Fsp3) is 0.692. The summed E-state index contributed by atoms with van der Waals surface area (Å²) in [6.45, 7) is 5.91. The van der Waals surface area contributed by atoms with Crippen molar-refractivity contribution in [2.24, 2.45) is 5.73 Å². The fourth-order valence-corrected chi connectivity index (χ4v) is 2.30. The second-order valence-corrected chi connectivity index (χ2v) is 5.30. The van der Waals surface area contributed by atoms with Crippen LogP contribution in [0, 0.1) is 11.3 Å². The number of hydrogen-bond donors (Lipinski definition) is 1. The van der Waals surface area contributed by atoms with Crippen LogP contribution in [0.2, 0.25) is 0 Å². The van der Waals surface area contributed by atoms with Crippen molar-refractivity contribution in [2.75, 3.05) is 13.1 Å². The smallest absolute Gasteiger partial charge is 0.122 e. The molecule has 1 aliphatic rings. The summed E-state index contributed by atoms with van der Waals surface area (Å²) >= 11 is 0. The van der Waals surface area contributed by atoms with Crippen LogP contribution >= 0.6 is 0 Å². The molecule has 0 saturated carbocycles. The van der Waals surface area contributed by atoms with Crippen LogP contribution in [0.15, 0.2) is 12.4 Å². The van der Waals surface area contributed by atoms with Crippen LogP contribution in [0.1, 0.15) is 32.0 Å². The number of nitriles is 1. The number of hydrogen-bond acceptors (Lipinski definition) is 4. The summed E-state index contributed by atoms with van der Waals surface area (Å²) in [7, 11) is 0. The quantitative estimate of drug-likeness (QED) is 0.791. The van der Waals surface area contributed by atoms with Crippen molar-refractivity contribution in [2.45, 2.75) is 44.8 Å². The Morgan fingerprint density at radius 3 is 3.11 bits per heavy atom. The van der Waals surface area contributed by atoms with E-state index in [1.165, 1.54) is 0 Å². The third kappa shape index (κ3) is 3.31. The monoisotopic (exact) mass is 247 g/mol. The molecule has 0 aromatic carbocycles. The van der Waals surface area contributed by atoms with Crippen LogP contribution in [0.4, 0.5) is 0 Å². The molecule has 0 spiro atoms. The number of rotatable bonds is 5. The van der Waals surface area contributed by atoms with Gasteiger partial charge in [-0.2, -0.15) is 5.26 Å². The summed E-state index contributed by atoms with van der Waals surface area (Å²) < 4.78 is 2.21. The molecule has 0 aliphatic carbocycles. The number of fused-ring (bicyclic) bond motifs is 1. The van der Waals surface area contributed by atoms with Crippen LogP contribution in [0.3, 0.4) is 0 Å². The van der Waals surface area contributed by atoms with Gasteiger partial charge in [-0.05, 0) is 32.7 Å². The Hall–Kier alpha value is -1.38. The molecule has 1 aliphatic heterocycles. The fourth-order valence-electron chi connectivity index (χ4n) is 2.30. The number of nitrogens with zero attached hydrogens (tertiary/aromatic N) is 4. The first kappa shape index (κ1) is 13.1. The van der Waals surface area contributed by atoms with Crippen molar-refractivity contribution >= 4 is 0 Å². The Bertz CT molecular complexity index is 429. The average molecular weight is 247 g/mol. The van der Waals surface area contributed by atoms with E-state index in [0.717, 1.165) is 51.3 Å². The predicted molar refractivity (Wildman–Crippen MR) is 69.6 cm³/mol. The third-order valence-corrected chi connectivity index (χ3v) is 3.50. The van der Waals surface area contributed by atoms with Gasteiger partial charge in [0.05, 0.1) is 12.6 Å². The van der Waals surface area contributed by atoms with Gasteiger partial charge in [0.1, 0.15) is 11.4 Å². The van der Waals surface area contributed by atoms with E-state index in [0.29, 0.717) is 0 Å². The lowest BCUT2D eigenvalue weighted by Crippen LogP contribution is -2.36. The normalized spacial score (nSPS) is 18.9. The zero-order valence-corrected chi connectivity index (χ0v) is 11.0. The van der Waals surface area contributed by atoms with Gasteiger partial charge in [-0.15, -0.1) is 0 Å². The van der Waals surface area contributed by atoms with E-state index in [2.05, 4.69) is 20.5 Å². The van der Waals surface area contributed by atoms with Gasteiger partial charge in [0.2, 0.25) is 0 Å². The van der Waals surface area contributed by atoms with Crippen LogP contribution in [0.25, 0.3) is 0 Å². The molecule has 0 radical (unpaired) electrons. The molecule has 18 heavy (non-hydrogen) atoms. The summed E-state index contributed by atoms with van der Waals surface area (Å²) in [6.07, 6.45) is 6.78.